The fraction of sp³-hybridized carbons (Fsp3) is 0.636. The minimum atomic E-state index is -0.491. The van der Waals surface area contributed by atoms with E-state index >= 15 is 0 Å². The number of rotatable bonds is 6. The van der Waals surface area contributed by atoms with Crippen LogP contribution in [0.1, 0.15) is 19.5 Å². The van der Waals surface area contributed by atoms with Gasteiger partial charge in [-0.25, -0.2) is 9.48 Å². The largest absolute Gasteiger partial charge is 0.338 e. The molecular formula is C11H20N6O2. The summed E-state index contributed by atoms with van der Waals surface area (Å²) < 4.78 is 1.39. The first-order valence-electron chi connectivity index (χ1n) is 6.12. The normalized spacial score (nSPS) is 10.5. The van der Waals surface area contributed by atoms with Gasteiger partial charge in [0.25, 0.3) is 0 Å². The fourth-order valence-electron chi connectivity index (χ4n) is 1.33. The molecule has 0 aliphatic rings. The Balaban J connectivity index is 2.35. The molecule has 1 aromatic rings. The second-order valence-corrected chi connectivity index (χ2v) is 4.59. The third kappa shape index (κ3) is 5.96. The highest BCUT2D eigenvalue weighted by atomic mass is 16.2. The van der Waals surface area contributed by atoms with E-state index in [2.05, 4.69) is 26.3 Å². The molecule has 106 valence electrons. The average molecular weight is 268 g/mol. The smallest absolute Gasteiger partial charge is 0.321 e. The van der Waals surface area contributed by atoms with Crippen LogP contribution in [0.5, 0.6) is 0 Å². The summed E-state index contributed by atoms with van der Waals surface area (Å²) in [5, 5.41) is 15.4. The molecule has 0 spiro atoms. The van der Waals surface area contributed by atoms with Crippen molar-refractivity contribution in [3.63, 3.8) is 0 Å². The summed E-state index contributed by atoms with van der Waals surface area (Å²) in [5.41, 5.74) is 0.736. The van der Waals surface area contributed by atoms with Crippen LogP contribution in [0.15, 0.2) is 6.20 Å². The molecule has 0 aliphatic carbocycles. The average Bonchev–Trinajstić information content (AvgIpc) is 2.74. The number of carbonyl (C=O) groups excluding carboxylic acids is 2. The molecule has 0 fully saturated rings. The minimum absolute atomic E-state index is 0.0359. The number of nitrogens with one attached hydrogen (secondary N) is 3. The van der Waals surface area contributed by atoms with Gasteiger partial charge in [-0.1, -0.05) is 19.1 Å². The number of imide groups is 1. The van der Waals surface area contributed by atoms with Crippen molar-refractivity contribution in [3.05, 3.63) is 11.9 Å². The lowest BCUT2D eigenvalue weighted by Crippen LogP contribution is -2.42. The maximum atomic E-state index is 11.6. The summed E-state index contributed by atoms with van der Waals surface area (Å²) in [6.45, 7) is 5.01. The van der Waals surface area contributed by atoms with Gasteiger partial charge in [-0.05, 0) is 13.0 Å². The molecule has 3 amide bonds. The minimum Gasteiger partial charge on any atom is -0.338 e. The second-order valence-electron chi connectivity index (χ2n) is 4.59. The predicted molar refractivity (Wildman–Crippen MR) is 69.2 cm³/mol. The van der Waals surface area contributed by atoms with Gasteiger partial charge in [0, 0.05) is 13.1 Å². The van der Waals surface area contributed by atoms with Crippen molar-refractivity contribution in [3.8, 4) is 0 Å². The zero-order valence-corrected chi connectivity index (χ0v) is 11.4. The van der Waals surface area contributed by atoms with Crippen LogP contribution in [0, 0.1) is 5.92 Å². The van der Waals surface area contributed by atoms with Gasteiger partial charge in [0.1, 0.15) is 6.54 Å². The molecule has 3 N–H and O–H groups in total. The molecule has 8 heteroatoms. The number of urea groups is 1. The van der Waals surface area contributed by atoms with Gasteiger partial charge in [-0.3, -0.25) is 10.1 Å². The van der Waals surface area contributed by atoms with Crippen molar-refractivity contribution < 1.29 is 9.59 Å². The van der Waals surface area contributed by atoms with Crippen molar-refractivity contribution in [2.45, 2.75) is 26.9 Å². The lowest BCUT2D eigenvalue weighted by Gasteiger charge is -2.08. The molecule has 1 heterocycles. The molecule has 0 atom stereocenters. The third-order valence-corrected chi connectivity index (χ3v) is 2.17. The quantitative estimate of drug-likeness (QED) is 0.644. The van der Waals surface area contributed by atoms with E-state index in [-0.39, 0.29) is 6.54 Å². The van der Waals surface area contributed by atoms with Gasteiger partial charge in [0.05, 0.1) is 11.9 Å². The van der Waals surface area contributed by atoms with E-state index in [4.69, 9.17) is 0 Å². The molecule has 0 aromatic carbocycles. The van der Waals surface area contributed by atoms with Crippen LogP contribution in [-0.4, -0.2) is 40.5 Å². The Morgan fingerprint density at radius 2 is 2.16 bits per heavy atom. The van der Waals surface area contributed by atoms with Crippen LogP contribution in [0.3, 0.4) is 0 Å². The number of nitrogens with zero attached hydrogens (tertiary/aromatic N) is 3. The van der Waals surface area contributed by atoms with Crippen molar-refractivity contribution in [1.82, 2.24) is 30.9 Å². The summed E-state index contributed by atoms with van der Waals surface area (Å²) in [7, 11) is 1.80. The Hall–Kier alpha value is -1.96. The first-order chi connectivity index (χ1) is 9.01. The SMILES string of the molecule is CNCc1cn(CC(=O)NC(=O)NCC(C)C)nn1. The lowest BCUT2D eigenvalue weighted by atomic mass is 10.2. The first-order valence-corrected chi connectivity index (χ1v) is 6.12. The molecule has 0 radical (unpaired) electrons. The van der Waals surface area contributed by atoms with E-state index < -0.39 is 11.9 Å². The number of hydrogen-bond donors (Lipinski definition) is 3. The van der Waals surface area contributed by atoms with Crippen molar-refractivity contribution in [2.24, 2.45) is 5.92 Å². The second kappa shape index (κ2) is 7.47. The molecular weight excluding hydrogens is 248 g/mol. The molecule has 0 aliphatic heterocycles. The van der Waals surface area contributed by atoms with E-state index in [1.54, 1.807) is 13.2 Å². The van der Waals surface area contributed by atoms with Gasteiger partial charge < -0.3 is 10.6 Å². The van der Waals surface area contributed by atoms with E-state index in [1.807, 2.05) is 13.8 Å². The van der Waals surface area contributed by atoms with Crippen LogP contribution in [-0.2, 0) is 17.9 Å². The third-order valence-electron chi connectivity index (χ3n) is 2.17. The Labute approximate surface area is 111 Å². The van der Waals surface area contributed by atoms with Gasteiger partial charge in [-0.2, -0.15) is 0 Å². The van der Waals surface area contributed by atoms with Gasteiger partial charge >= 0.3 is 6.03 Å². The highest BCUT2D eigenvalue weighted by molar-refractivity contribution is 5.94. The van der Waals surface area contributed by atoms with Crippen molar-refractivity contribution in [1.29, 1.82) is 0 Å². The number of carbonyl (C=O) groups is 2. The summed E-state index contributed by atoms with van der Waals surface area (Å²) in [6.07, 6.45) is 1.65. The first kappa shape index (κ1) is 15.1. The molecule has 0 unspecified atom stereocenters. The maximum absolute atomic E-state index is 11.6. The van der Waals surface area contributed by atoms with Crippen LogP contribution in [0.25, 0.3) is 0 Å². The summed E-state index contributed by atoms with van der Waals surface area (Å²) in [6, 6.07) is -0.491. The Kier molecular flexibility index (Phi) is 5.94. The molecule has 1 aromatic heterocycles. The molecule has 19 heavy (non-hydrogen) atoms. The maximum Gasteiger partial charge on any atom is 0.321 e. The van der Waals surface area contributed by atoms with Crippen LogP contribution in [0.2, 0.25) is 0 Å². The predicted octanol–water partition coefficient (Wildman–Crippen LogP) is -0.521. The van der Waals surface area contributed by atoms with Gasteiger partial charge in [0.15, 0.2) is 0 Å². The Morgan fingerprint density at radius 1 is 1.42 bits per heavy atom. The standard InChI is InChI=1S/C11H20N6O2/c1-8(2)4-13-11(19)14-10(18)7-17-6-9(5-12-3)15-16-17/h6,8,12H,4-5,7H2,1-3H3,(H2,13,14,18,19). The van der Waals surface area contributed by atoms with Crippen LogP contribution >= 0.6 is 0 Å². The van der Waals surface area contributed by atoms with E-state index in [0.717, 1.165) is 5.69 Å². The van der Waals surface area contributed by atoms with E-state index in [9.17, 15) is 9.59 Å². The van der Waals surface area contributed by atoms with Crippen molar-refractivity contribution >= 4 is 11.9 Å². The van der Waals surface area contributed by atoms with Gasteiger partial charge in [0.2, 0.25) is 5.91 Å². The number of amides is 3. The Bertz CT molecular complexity index is 429. The molecule has 8 nitrogen and oxygen atoms in total. The van der Waals surface area contributed by atoms with Crippen LogP contribution < -0.4 is 16.0 Å². The van der Waals surface area contributed by atoms with Crippen molar-refractivity contribution in [2.75, 3.05) is 13.6 Å². The zero-order valence-electron chi connectivity index (χ0n) is 11.4. The molecule has 1 rings (SSSR count). The number of hydrogen-bond acceptors (Lipinski definition) is 5. The lowest BCUT2D eigenvalue weighted by molar-refractivity contribution is -0.120. The van der Waals surface area contributed by atoms with E-state index in [0.29, 0.717) is 19.0 Å². The highest BCUT2D eigenvalue weighted by Crippen LogP contribution is 1.92. The zero-order chi connectivity index (χ0) is 14.3. The van der Waals surface area contributed by atoms with Crippen LogP contribution in [0.4, 0.5) is 4.79 Å². The highest BCUT2D eigenvalue weighted by Gasteiger charge is 2.09. The molecule has 0 saturated heterocycles. The molecule has 0 saturated carbocycles. The Morgan fingerprint density at radius 3 is 2.79 bits per heavy atom. The monoisotopic (exact) mass is 268 g/mol. The summed E-state index contributed by atoms with van der Waals surface area (Å²) >= 11 is 0. The van der Waals surface area contributed by atoms with E-state index in [1.165, 1.54) is 4.68 Å². The summed E-state index contributed by atoms with van der Waals surface area (Å²) in [4.78, 5) is 22.9. The topological polar surface area (TPSA) is 101 Å². The molecule has 0 bridgehead atoms. The number of aromatic nitrogens is 3. The fourth-order valence-corrected chi connectivity index (χ4v) is 1.33. The summed E-state index contributed by atoms with van der Waals surface area (Å²) in [5.74, 6) is -0.0950. The van der Waals surface area contributed by atoms with Gasteiger partial charge in [-0.15, -0.1) is 5.10 Å².